The molecule has 0 aromatic heterocycles. The van der Waals surface area contributed by atoms with Crippen LogP contribution in [-0.4, -0.2) is 30.7 Å². The lowest BCUT2D eigenvalue weighted by molar-refractivity contribution is 0.0588. The van der Waals surface area contributed by atoms with E-state index in [1.165, 1.54) is 0 Å². The van der Waals surface area contributed by atoms with Crippen LogP contribution in [0.4, 0.5) is 4.79 Å². The standard InChI is InChI=1S/C14H27NO2/c1-11(2)12-6-8-15(9-7-12)13(16)17-10-14(3,4)5/h11-12H,6-10H2,1-5H3. The number of nitrogens with zero attached hydrogens (tertiary/aromatic N) is 1. The average molecular weight is 241 g/mol. The van der Waals surface area contributed by atoms with Crippen LogP contribution in [0.2, 0.25) is 0 Å². The first-order valence-corrected chi connectivity index (χ1v) is 6.71. The third kappa shape index (κ3) is 4.97. The van der Waals surface area contributed by atoms with Crippen molar-refractivity contribution in [1.82, 2.24) is 4.90 Å². The average Bonchev–Trinajstić information content (AvgIpc) is 2.25. The Morgan fingerprint density at radius 2 is 1.82 bits per heavy atom. The highest BCUT2D eigenvalue weighted by Gasteiger charge is 2.26. The number of piperidine rings is 1. The summed E-state index contributed by atoms with van der Waals surface area (Å²) in [6, 6.07) is 0. The van der Waals surface area contributed by atoms with Crippen molar-refractivity contribution < 1.29 is 9.53 Å². The van der Waals surface area contributed by atoms with Gasteiger partial charge in [0.2, 0.25) is 0 Å². The van der Waals surface area contributed by atoms with Gasteiger partial charge in [0.1, 0.15) is 0 Å². The van der Waals surface area contributed by atoms with Gasteiger partial charge in [-0.3, -0.25) is 0 Å². The molecule has 1 heterocycles. The van der Waals surface area contributed by atoms with Crippen molar-refractivity contribution in [3.05, 3.63) is 0 Å². The molecule has 1 amide bonds. The van der Waals surface area contributed by atoms with Crippen LogP contribution in [0.15, 0.2) is 0 Å². The van der Waals surface area contributed by atoms with Gasteiger partial charge < -0.3 is 9.64 Å². The summed E-state index contributed by atoms with van der Waals surface area (Å²) in [5, 5.41) is 0. The van der Waals surface area contributed by atoms with E-state index in [4.69, 9.17) is 4.74 Å². The number of ether oxygens (including phenoxy) is 1. The van der Waals surface area contributed by atoms with E-state index in [0.29, 0.717) is 6.61 Å². The zero-order valence-corrected chi connectivity index (χ0v) is 12.0. The van der Waals surface area contributed by atoms with Crippen molar-refractivity contribution in [3.63, 3.8) is 0 Å². The predicted molar refractivity (Wildman–Crippen MR) is 69.9 cm³/mol. The van der Waals surface area contributed by atoms with Gasteiger partial charge >= 0.3 is 6.09 Å². The maximum absolute atomic E-state index is 11.8. The van der Waals surface area contributed by atoms with E-state index in [1.807, 2.05) is 4.90 Å². The highest BCUT2D eigenvalue weighted by atomic mass is 16.6. The molecular formula is C14H27NO2. The Morgan fingerprint density at radius 1 is 1.29 bits per heavy atom. The quantitative estimate of drug-likeness (QED) is 0.740. The molecule has 100 valence electrons. The van der Waals surface area contributed by atoms with Gasteiger partial charge in [-0.2, -0.15) is 0 Å². The second kappa shape index (κ2) is 5.74. The molecule has 0 radical (unpaired) electrons. The molecule has 0 aromatic rings. The Hall–Kier alpha value is -0.730. The number of hydrogen-bond acceptors (Lipinski definition) is 2. The molecule has 3 heteroatoms. The Bertz CT molecular complexity index is 247. The summed E-state index contributed by atoms with van der Waals surface area (Å²) >= 11 is 0. The first kappa shape index (κ1) is 14.3. The second-order valence-electron chi connectivity index (χ2n) is 6.68. The molecule has 0 unspecified atom stereocenters. The summed E-state index contributed by atoms with van der Waals surface area (Å²) < 4.78 is 5.33. The number of rotatable bonds is 2. The predicted octanol–water partition coefficient (Wildman–Crippen LogP) is 3.54. The molecule has 0 bridgehead atoms. The number of hydrogen-bond donors (Lipinski definition) is 0. The summed E-state index contributed by atoms with van der Waals surface area (Å²) in [7, 11) is 0. The summed E-state index contributed by atoms with van der Waals surface area (Å²) in [6.07, 6.45) is 2.09. The normalized spacial score (nSPS) is 18.6. The van der Waals surface area contributed by atoms with E-state index in [0.717, 1.165) is 37.8 Å². The Balaban J connectivity index is 2.31. The lowest BCUT2D eigenvalue weighted by Gasteiger charge is -2.33. The van der Waals surface area contributed by atoms with Gasteiger partial charge in [0.05, 0.1) is 6.61 Å². The molecule has 3 nitrogen and oxygen atoms in total. The van der Waals surface area contributed by atoms with E-state index >= 15 is 0 Å². The molecule has 0 saturated carbocycles. The van der Waals surface area contributed by atoms with E-state index in [2.05, 4.69) is 34.6 Å². The Kier molecular flexibility index (Phi) is 4.84. The van der Waals surface area contributed by atoms with Crippen LogP contribution >= 0.6 is 0 Å². The number of carbonyl (C=O) groups excluding carboxylic acids is 1. The van der Waals surface area contributed by atoms with E-state index < -0.39 is 0 Å². The molecule has 0 aliphatic carbocycles. The van der Waals surface area contributed by atoms with Gasteiger partial charge in [0, 0.05) is 13.1 Å². The van der Waals surface area contributed by atoms with E-state index in [-0.39, 0.29) is 11.5 Å². The molecule has 1 aliphatic heterocycles. The van der Waals surface area contributed by atoms with Gasteiger partial charge in [0.15, 0.2) is 0 Å². The van der Waals surface area contributed by atoms with Crippen LogP contribution in [0.25, 0.3) is 0 Å². The van der Waals surface area contributed by atoms with Gasteiger partial charge in [-0.05, 0) is 30.1 Å². The topological polar surface area (TPSA) is 29.5 Å². The third-order valence-corrected chi connectivity index (χ3v) is 3.37. The smallest absolute Gasteiger partial charge is 0.409 e. The van der Waals surface area contributed by atoms with E-state index in [9.17, 15) is 4.79 Å². The minimum atomic E-state index is -0.137. The monoisotopic (exact) mass is 241 g/mol. The summed E-state index contributed by atoms with van der Waals surface area (Å²) in [4.78, 5) is 13.7. The minimum absolute atomic E-state index is 0.0475. The van der Waals surface area contributed by atoms with Crippen LogP contribution in [0.5, 0.6) is 0 Å². The number of likely N-dealkylation sites (tertiary alicyclic amines) is 1. The van der Waals surface area contributed by atoms with Crippen molar-refractivity contribution in [1.29, 1.82) is 0 Å². The van der Waals surface area contributed by atoms with E-state index in [1.54, 1.807) is 0 Å². The SMILES string of the molecule is CC(C)C1CCN(C(=O)OCC(C)(C)C)CC1. The zero-order valence-electron chi connectivity index (χ0n) is 12.0. The van der Waals surface area contributed by atoms with Gasteiger partial charge in [-0.15, -0.1) is 0 Å². The first-order chi connectivity index (χ1) is 7.79. The molecule has 0 spiro atoms. The van der Waals surface area contributed by atoms with Crippen LogP contribution < -0.4 is 0 Å². The van der Waals surface area contributed by atoms with Gasteiger partial charge in [0.25, 0.3) is 0 Å². The summed E-state index contributed by atoms with van der Waals surface area (Å²) in [6.45, 7) is 13.0. The molecule has 1 saturated heterocycles. The molecular weight excluding hydrogens is 214 g/mol. The van der Waals surface area contributed by atoms with Crippen molar-refractivity contribution in [2.24, 2.45) is 17.3 Å². The summed E-state index contributed by atoms with van der Waals surface area (Å²) in [5.41, 5.74) is 0.0475. The fourth-order valence-electron chi connectivity index (χ4n) is 2.12. The van der Waals surface area contributed by atoms with Crippen molar-refractivity contribution in [3.8, 4) is 0 Å². The fourth-order valence-corrected chi connectivity index (χ4v) is 2.12. The molecule has 0 atom stereocenters. The molecule has 1 aliphatic rings. The summed E-state index contributed by atoms with van der Waals surface area (Å²) in [5.74, 6) is 1.49. The highest BCUT2D eigenvalue weighted by Crippen LogP contribution is 2.25. The highest BCUT2D eigenvalue weighted by molar-refractivity contribution is 5.67. The number of carbonyl (C=O) groups is 1. The second-order valence-corrected chi connectivity index (χ2v) is 6.68. The molecule has 0 N–H and O–H groups in total. The van der Waals surface area contributed by atoms with Gasteiger partial charge in [-0.1, -0.05) is 34.6 Å². The van der Waals surface area contributed by atoms with Crippen molar-refractivity contribution in [2.75, 3.05) is 19.7 Å². The Labute approximate surface area is 106 Å². The lowest BCUT2D eigenvalue weighted by atomic mass is 9.87. The largest absolute Gasteiger partial charge is 0.449 e. The third-order valence-electron chi connectivity index (χ3n) is 3.37. The van der Waals surface area contributed by atoms with Crippen LogP contribution in [0, 0.1) is 17.3 Å². The molecule has 1 rings (SSSR count). The van der Waals surface area contributed by atoms with Gasteiger partial charge in [-0.25, -0.2) is 4.79 Å². The fraction of sp³-hybridized carbons (Fsp3) is 0.929. The minimum Gasteiger partial charge on any atom is -0.449 e. The first-order valence-electron chi connectivity index (χ1n) is 6.71. The number of amides is 1. The van der Waals surface area contributed by atoms with Crippen LogP contribution in [-0.2, 0) is 4.74 Å². The van der Waals surface area contributed by atoms with Crippen molar-refractivity contribution in [2.45, 2.75) is 47.5 Å². The molecule has 17 heavy (non-hydrogen) atoms. The maximum Gasteiger partial charge on any atom is 0.409 e. The lowest BCUT2D eigenvalue weighted by Crippen LogP contribution is -2.40. The van der Waals surface area contributed by atoms with Crippen LogP contribution in [0.1, 0.15) is 47.5 Å². The molecule has 1 fully saturated rings. The maximum atomic E-state index is 11.8. The van der Waals surface area contributed by atoms with Crippen molar-refractivity contribution >= 4 is 6.09 Å². The Morgan fingerprint density at radius 3 is 2.24 bits per heavy atom. The van der Waals surface area contributed by atoms with Crippen LogP contribution in [0.3, 0.4) is 0 Å². The molecule has 0 aromatic carbocycles. The zero-order chi connectivity index (χ0) is 13.1.